The Morgan fingerprint density at radius 2 is 2.27 bits per heavy atom. The molecular weight excluding hydrogens is 282 g/mol. The predicted molar refractivity (Wildman–Crippen MR) is 83.5 cm³/mol. The summed E-state index contributed by atoms with van der Waals surface area (Å²) in [6.07, 6.45) is 5.30. The normalized spacial score (nSPS) is 21.6. The number of carbonyl (C=O) groups is 1. The van der Waals surface area contributed by atoms with Crippen molar-refractivity contribution in [1.82, 2.24) is 15.4 Å². The molecule has 0 aromatic carbocycles. The Balaban J connectivity index is 1.62. The number of amides is 2. The fraction of sp³-hybridized carbons (Fsp3) is 0.750. The fourth-order valence-electron chi connectivity index (χ4n) is 2.84. The summed E-state index contributed by atoms with van der Waals surface area (Å²) in [5.74, 6) is 1.38. The number of ether oxygens (including phenoxy) is 1. The summed E-state index contributed by atoms with van der Waals surface area (Å²) in [5, 5.41) is 6.75. The van der Waals surface area contributed by atoms with Gasteiger partial charge >= 0.3 is 6.03 Å². The molecule has 0 unspecified atom stereocenters. The molecule has 22 heavy (non-hydrogen) atoms. The van der Waals surface area contributed by atoms with E-state index < -0.39 is 0 Å². The third kappa shape index (κ3) is 5.02. The Bertz CT molecular complexity index is 475. The number of hydrogen-bond acceptors (Lipinski definition) is 4. The van der Waals surface area contributed by atoms with Crippen molar-refractivity contribution in [1.29, 1.82) is 0 Å². The first-order chi connectivity index (χ1) is 10.6. The fourth-order valence-corrected chi connectivity index (χ4v) is 2.84. The SMILES string of the molecule is Cc1cc(CN(C)C(=O)NCCO[C@H]2CCCC[C@@H]2C)no1. The molecule has 6 nitrogen and oxygen atoms in total. The van der Waals surface area contributed by atoms with Gasteiger partial charge in [0.15, 0.2) is 0 Å². The number of hydrogen-bond donors (Lipinski definition) is 1. The lowest BCUT2D eigenvalue weighted by atomic mass is 9.88. The van der Waals surface area contributed by atoms with E-state index in [-0.39, 0.29) is 6.03 Å². The maximum Gasteiger partial charge on any atom is 0.317 e. The number of aromatic nitrogens is 1. The Kier molecular flexibility index (Phi) is 6.24. The van der Waals surface area contributed by atoms with Gasteiger partial charge in [0.25, 0.3) is 0 Å². The molecule has 0 aliphatic heterocycles. The van der Waals surface area contributed by atoms with E-state index in [9.17, 15) is 4.79 Å². The minimum Gasteiger partial charge on any atom is -0.376 e. The van der Waals surface area contributed by atoms with Gasteiger partial charge in [-0.15, -0.1) is 0 Å². The molecule has 1 aliphatic carbocycles. The minimum absolute atomic E-state index is 0.124. The van der Waals surface area contributed by atoms with E-state index in [1.165, 1.54) is 19.3 Å². The number of nitrogens with zero attached hydrogens (tertiary/aromatic N) is 2. The van der Waals surface area contributed by atoms with Crippen LogP contribution in [0, 0.1) is 12.8 Å². The van der Waals surface area contributed by atoms with Crippen molar-refractivity contribution in [2.45, 2.75) is 52.2 Å². The highest BCUT2D eigenvalue weighted by atomic mass is 16.5. The highest BCUT2D eigenvalue weighted by Crippen LogP contribution is 2.25. The van der Waals surface area contributed by atoms with Crippen LogP contribution in [0.4, 0.5) is 4.79 Å². The van der Waals surface area contributed by atoms with E-state index in [0.717, 1.165) is 17.9 Å². The monoisotopic (exact) mass is 309 g/mol. The molecule has 6 heteroatoms. The summed E-state index contributed by atoms with van der Waals surface area (Å²) in [4.78, 5) is 13.6. The van der Waals surface area contributed by atoms with E-state index in [4.69, 9.17) is 9.26 Å². The Morgan fingerprint density at radius 1 is 1.50 bits per heavy atom. The van der Waals surface area contributed by atoms with E-state index in [1.54, 1.807) is 11.9 Å². The van der Waals surface area contributed by atoms with Crippen LogP contribution in [0.3, 0.4) is 0 Å². The topological polar surface area (TPSA) is 67.6 Å². The summed E-state index contributed by atoms with van der Waals surface area (Å²) >= 11 is 0. The second-order valence-corrected chi connectivity index (χ2v) is 6.19. The second-order valence-electron chi connectivity index (χ2n) is 6.19. The molecule has 1 saturated carbocycles. The van der Waals surface area contributed by atoms with Crippen LogP contribution in [0.25, 0.3) is 0 Å². The number of nitrogens with one attached hydrogen (secondary N) is 1. The number of carbonyl (C=O) groups excluding carboxylic acids is 1. The average molecular weight is 309 g/mol. The molecule has 124 valence electrons. The van der Waals surface area contributed by atoms with Gasteiger partial charge in [0.2, 0.25) is 0 Å². The van der Waals surface area contributed by atoms with Crippen LogP contribution in [-0.2, 0) is 11.3 Å². The summed E-state index contributed by atoms with van der Waals surface area (Å²) in [7, 11) is 1.74. The first-order valence-electron chi connectivity index (χ1n) is 8.09. The Morgan fingerprint density at radius 3 is 2.95 bits per heavy atom. The average Bonchev–Trinajstić information content (AvgIpc) is 2.90. The molecule has 1 aromatic heterocycles. The standard InChI is InChI=1S/C16H27N3O3/c1-12-6-4-5-7-15(12)21-9-8-17-16(20)19(3)11-14-10-13(2)22-18-14/h10,12,15H,4-9,11H2,1-3H3,(H,17,20)/t12-,15-/m0/s1. The van der Waals surface area contributed by atoms with Crippen LogP contribution in [0.15, 0.2) is 10.6 Å². The number of rotatable bonds is 6. The lowest BCUT2D eigenvalue weighted by molar-refractivity contribution is -0.00267. The smallest absolute Gasteiger partial charge is 0.317 e. The zero-order chi connectivity index (χ0) is 15.9. The maximum absolute atomic E-state index is 12.0. The summed E-state index contributed by atoms with van der Waals surface area (Å²) in [6.45, 7) is 5.61. The molecule has 1 N–H and O–H groups in total. The van der Waals surface area contributed by atoms with Crippen molar-refractivity contribution < 1.29 is 14.1 Å². The van der Waals surface area contributed by atoms with Crippen LogP contribution in [-0.4, -0.2) is 42.4 Å². The van der Waals surface area contributed by atoms with Gasteiger partial charge < -0.3 is 19.5 Å². The largest absolute Gasteiger partial charge is 0.376 e. The molecule has 2 amide bonds. The van der Waals surface area contributed by atoms with E-state index >= 15 is 0 Å². The van der Waals surface area contributed by atoms with Gasteiger partial charge in [-0.3, -0.25) is 0 Å². The van der Waals surface area contributed by atoms with E-state index in [2.05, 4.69) is 17.4 Å². The van der Waals surface area contributed by atoms with Crippen molar-refractivity contribution in [2.75, 3.05) is 20.2 Å². The first kappa shape index (κ1) is 16.8. The summed E-state index contributed by atoms with van der Waals surface area (Å²) in [5.41, 5.74) is 0.752. The van der Waals surface area contributed by atoms with Gasteiger partial charge in [-0.05, 0) is 25.7 Å². The van der Waals surface area contributed by atoms with Crippen molar-refractivity contribution in [2.24, 2.45) is 5.92 Å². The Hall–Kier alpha value is -1.56. The quantitative estimate of drug-likeness (QED) is 0.820. The lowest BCUT2D eigenvalue weighted by Gasteiger charge is -2.28. The van der Waals surface area contributed by atoms with Gasteiger partial charge in [0.1, 0.15) is 11.5 Å². The molecule has 0 saturated heterocycles. The molecule has 1 aliphatic rings. The molecule has 0 bridgehead atoms. The number of urea groups is 1. The van der Waals surface area contributed by atoms with Gasteiger partial charge in [-0.2, -0.15) is 0 Å². The zero-order valence-electron chi connectivity index (χ0n) is 13.8. The highest BCUT2D eigenvalue weighted by molar-refractivity contribution is 5.73. The van der Waals surface area contributed by atoms with E-state index in [0.29, 0.717) is 31.7 Å². The third-order valence-electron chi connectivity index (χ3n) is 4.17. The summed E-state index contributed by atoms with van der Waals surface area (Å²) in [6, 6.07) is 1.71. The molecule has 1 fully saturated rings. The van der Waals surface area contributed by atoms with Crippen molar-refractivity contribution in [3.05, 3.63) is 17.5 Å². The molecule has 1 aromatic rings. The van der Waals surface area contributed by atoms with Crippen LogP contribution in [0.2, 0.25) is 0 Å². The van der Waals surface area contributed by atoms with Crippen LogP contribution in [0.1, 0.15) is 44.1 Å². The molecule has 0 spiro atoms. The van der Waals surface area contributed by atoms with Crippen molar-refractivity contribution in [3.63, 3.8) is 0 Å². The van der Waals surface area contributed by atoms with Crippen LogP contribution in [0.5, 0.6) is 0 Å². The third-order valence-corrected chi connectivity index (χ3v) is 4.17. The minimum atomic E-state index is -0.124. The molecular formula is C16H27N3O3. The number of aryl methyl sites for hydroxylation is 1. The van der Waals surface area contributed by atoms with Gasteiger partial charge in [0.05, 0.1) is 19.3 Å². The molecule has 2 rings (SSSR count). The zero-order valence-corrected chi connectivity index (χ0v) is 13.8. The Labute approximate surface area is 132 Å². The van der Waals surface area contributed by atoms with Crippen LogP contribution >= 0.6 is 0 Å². The summed E-state index contributed by atoms with van der Waals surface area (Å²) < 4.78 is 10.9. The van der Waals surface area contributed by atoms with Gasteiger partial charge in [-0.25, -0.2) is 4.79 Å². The molecule has 1 heterocycles. The van der Waals surface area contributed by atoms with E-state index in [1.807, 2.05) is 13.0 Å². The lowest BCUT2D eigenvalue weighted by Crippen LogP contribution is -2.39. The van der Waals surface area contributed by atoms with Crippen molar-refractivity contribution in [3.8, 4) is 0 Å². The second kappa shape index (κ2) is 8.17. The maximum atomic E-state index is 12.0. The van der Waals surface area contributed by atoms with Gasteiger partial charge in [-0.1, -0.05) is 24.9 Å². The predicted octanol–water partition coefficient (Wildman–Crippen LogP) is 2.72. The highest BCUT2D eigenvalue weighted by Gasteiger charge is 2.21. The van der Waals surface area contributed by atoms with Crippen molar-refractivity contribution >= 4 is 6.03 Å². The first-order valence-corrected chi connectivity index (χ1v) is 8.09. The van der Waals surface area contributed by atoms with Crippen LogP contribution < -0.4 is 5.32 Å². The van der Waals surface area contributed by atoms with Gasteiger partial charge in [0, 0.05) is 19.7 Å². The molecule has 0 radical (unpaired) electrons. The molecule has 2 atom stereocenters.